The van der Waals surface area contributed by atoms with Crippen LogP contribution in [0.15, 0.2) is 94.9 Å². The van der Waals surface area contributed by atoms with E-state index in [1.807, 2.05) is 59.8 Å². The van der Waals surface area contributed by atoms with Crippen LogP contribution in [-0.4, -0.2) is 33.8 Å². The smallest absolute Gasteiger partial charge is 0.339 e. The van der Waals surface area contributed by atoms with E-state index in [0.29, 0.717) is 44.4 Å². The van der Waals surface area contributed by atoms with Gasteiger partial charge in [-0.1, -0.05) is 41.9 Å². The quantitative estimate of drug-likeness (QED) is 0.0692. The van der Waals surface area contributed by atoms with Crippen LogP contribution < -0.4 is 23.8 Å². The van der Waals surface area contributed by atoms with Crippen molar-refractivity contribution in [1.29, 1.82) is 0 Å². The van der Waals surface area contributed by atoms with E-state index in [4.69, 9.17) is 30.0 Å². The first-order valence-electron chi connectivity index (χ1n) is 13.1. The van der Waals surface area contributed by atoms with Gasteiger partial charge in [-0.3, -0.25) is 4.79 Å². The van der Waals surface area contributed by atoms with Crippen LogP contribution in [0.2, 0.25) is 5.02 Å². The van der Waals surface area contributed by atoms with Crippen molar-refractivity contribution in [3.05, 3.63) is 110 Å². The van der Waals surface area contributed by atoms with E-state index in [1.165, 1.54) is 30.5 Å². The molecular weight excluding hydrogens is 707 g/mol. The van der Waals surface area contributed by atoms with Gasteiger partial charge >= 0.3 is 10.1 Å². The summed E-state index contributed by atoms with van der Waals surface area (Å²) in [6.45, 7) is 4.62. The number of hydrazone groups is 1. The SMILES string of the molecule is CCOc1cc(C(=O)N/N=C/c2cc(I)c(OS(=O)(=O)c3ccc(Cl)cc3)c(OCC)c2)ccc1OCc1ccccc1. The maximum atomic E-state index is 12.9. The molecule has 0 saturated heterocycles. The van der Waals surface area contributed by atoms with Gasteiger partial charge in [0.1, 0.15) is 11.5 Å². The van der Waals surface area contributed by atoms with Gasteiger partial charge < -0.3 is 18.4 Å². The molecule has 1 N–H and O–H groups in total. The van der Waals surface area contributed by atoms with E-state index < -0.39 is 16.0 Å². The molecule has 43 heavy (non-hydrogen) atoms. The molecule has 0 heterocycles. The number of amides is 1. The van der Waals surface area contributed by atoms with Crippen molar-refractivity contribution in [2.24, 2.45) is 5.10 Å². The fraction of sp³-hybridized carbons (Fsp3) is 0.161. The Morgan fingerprint density at radius 3 is 2.28 bits per heavy atom. The lowest BCUT2D eigenvalue weighted by Crippen LogP contribution is -2.18. The lowest BCUT2D eigenvalue weighted by Gasteiger charge is -2.14. The van der Waals surface area contributed by atoms with E-state index in [-0.39, 0.29) is 23.0 Å². The van der Waals surface area contributed by atoms with Crippen molar-refractivity contribution >= 4 is 56.4 Å². The van der Waals surface area contributed by atoms with Crippen LogP contribution in [0, 0.1) is 3.57 Å². The number of rotatable bonds is 13. The third-order valence-electron chi connectivity index (χ3n) is 5.75. The monoisotopic (exact) mass is 734 g/mol. The highest BCUT2D eigenvalue weighted by Crippen LogP contribution is 2.36. The predicted octanol–water partition coefficient (Wildman–Crippen LogP) is 6.85. The summed E-state index contributed by atoms with van der Waals surface area (Å²) in [6.07, 6.45) is 1.42. The molecular formula is C31H28ClIN2O7S. The first kappa shape index (κ1) is 32.1. The zero-order valence-electron chi connectivity index (χ0n) is 23.3. The van der Waals surface area contributed by atoms with Gasteiger partial charge in [-0.2, -0.15) is 13.5 Å². The van der Waals surface area contributed by atoms with Gasteiger partial charge in [0.2, 0.25) is 0 Å². The van der Waals surface area contributed by atoms with E-state index in [2.05, 4.69) is 10.5 Å². The first-order valence-corrected chi connectivity index (χ1v) is 16.0. The zero-order chi connectivity index (χ0) is 30.8. The van der Waals surface area contributed by atoms with Gasteiger partial charge in [0.25, 0.3) is 5.91 Å². The second-order valence-corrected chi connectivity index (χ2v) is 12.0. The average molecular weight is 735 g/mol. The molecule has 4 aromatic rings. The molecule has 1 amide bonds. The number of nitrogens with one attached hydrogen (secondary N) is 1. The maximum absolute atomic E-state index is 12.9. The molecule has 0 aliphatic heterocycles. The first-order chi connectivity index (χ1) is 20.7. The minimum atomic E-state index is -4.15. The minimum Gasteiger partial charge on any atom is -0.490 e. The molecule has 0 atom stereocenters. The summed E-state index contributed by atoms with van der Waals surface area (Å²) in [5, 5.41) is 4.47. The summed E-state index contributed by atoms with van der Waals surface area (Å²) >= 11 is 7.83. The maximum Gasteiger partial charge on any atom is 0.339 e. The summed E-state index contributed by atoms with van der Waals surface area (Å²) < 4.78 is 48.9. The molecule has 0 bridgehead atoms. The van der Waals surface area contributed by atoms with Gasteiger partial charge in [-0.25, -0.2) is 5.43 Å². The van der Waals surface area contributed by atoms with Crippen molar-refractivity contribution in [2.45, 2.75) is 25.3 Å². The zero-order valence-corrected chi connectivity index (χ0v) is 27.0. The molecule has 0 radical (unpaired) electrons. The van der Waals surface area contributed by atoms with Crippen LogP contribution in [0.5, 0.6) is 23.0 Å². The van der Waals surface area contributed by atoms with E-state index in [1.54, 1.807) is 37.3 Å². The Hall–Kier alpha value is -3.81. The second kappa shape index (κ2) is 15.1. The summed E-state index contributed by atoms with van der Waals surface area (Å²) in [5.41, 5.74) is 4.38. The van der Waals surface area contributed by atoms with Gasteiger partial charge in [-0.05, 0) is 102 Å². The largest absolute Gasteiger partial charge is 0.490 e. The molecule has 9 nitrogen and oxygen atoms in total. The van der Waals surface area contributed by atoms with Crippen molar-refractivity contribution in [3.63, 3.8) is 0 Å². The van der Waals surface area contributed by atoms with Crippen LogP contribution in [0.1, 0.15) is 35.3 Å². The predicted molar refractivity (Wildman–Crippen MR) is 173 cm³/mol. The molecule has 12 heteroatoms. The van der Waals surface area contributed by atoms with Gasteiger partial charge in [0.15, 0.2) is 23.0 Å². The van der Waals surface area contributed by atoms with Gasteiger partial charge in [0, 0.05) is 10.6 Å². The lowest BCUT2D eigenvalue weighted by molar-refractivity contribution is 0.0954. The Bertz CT molecular complexity index is 1700. The molecule has 0 aliphatic rings. The number of halogens is 2. The highest BCUT2D eigenvalue weighted by atomic mass is 127. The van der Waals surface area contributed by atoms with Gasteiger partial charge in [-0.15, -0.1) is 0 Å². The summed E-state index contributed by atoms with van der Waals surface area (Å²) in [7, 11) is -4.15. The third kappa shape index (κ3) is 8.85. The summed E-state index contributed by atoms with van der Waals surface area (Å²) in [4.78, 5) is 12.8. The molecule has 0 saturated carbocycles. The highest BCUT2D eigenvalue weighted by molar-refractivity contribution is 14.1. The number of carbonyl (C=O) groups is 1. The van der Waals surface area contributed by atoms with Crippen molar-refractivity contribution in [2.75, 3.05) is 13.2 Å². The normalized spacial score (nSPS) is 11.3. The fourth-order valence-corrected chi connectivity index (χ4v) is 5.74. The molecule has 4 rings (SSSR count). The number of hydrogen-bond acceptors (Lipinski definition) is 8. The fourth-order valence-electron chi connectivity index (χ4n) is 3.77. The van der Waals surface area contributed by atoms with Crippen molar-refractivity contribution in [3.8, 4) is 23.0 Å². The Labute approximate surface area is 269 Å². The highest BCUT2D eigenvalue weighted by Gasteiger charge is 2.22. The van der Waals surface area contributed by atoms with Crippen molar-refractivity contribution in [1.82, 2.24) is 5.43 Å². The molecule has 0 aromatic heterocycles. The standard InChI is InChI=1S/C31H28ClIN2O7S/c1-3-39-28-18-23(10-15-27(28)41-20-21-8-6-5-7-9-21)31(36)35-34-19-22-16-26(33)30(29(17-22)40-4-2)42-43(37,38)25-13-11-24(32)12-14-25/h5-19H,3-4,20H2,1-2H3,(H,35,36)/b34-19+. The number of ether oxygens (including phenoxy) is 3. The molecule has 0 fully saturated rings. The minimum absolute atomic E-state index is 0.0385. The molecule has 224 valence electrons. The van der Waals surface area contributed by atoms with Gasteiger partial charge in [0.05, 0.1) is 23.0 Å². The van der Waals surface area contributed by atoms with Crippen LogP contribution in [0.3, 0.4) is 0 Å². The number of hydrogen-bond donors (Lipinski definition) is 1. The molecule has 4 aromatic carbocycles. The summed E-state index contributed by atoms with van der Waals surface area (Å²) in [6, 6.07) is 23.5. The van der Waals surface area contributed by atoms with Crippen LogP contribution in [0.4, 0.5) is 0 Å². The number of nitrogens with zero attached hydrogens (tertiary/aromatic N) is 1. The van der Waals surface area contributed by atoms with E-state index >= 15 is 0 Å². The molecule has 0 spiro atoms. The van der Waals surface area contributed by atoms with Crippen LogP contribution in [-0.2, 0) is 16.7 Å². The van der Waals surface area contributed by atoms with Crippen LogP contribution in [0.25, 0.3) is 0 Å². The summed E-state index contributed by atoms with van der Waals surface area (Å²) in [5.74, 6) is 0.739. The van der Waals surface area contributed by atoms with E-state index in [9.17, 15) is 13.2 Å². The lowest BCUT2D eigenvalue weighted by atomic mass is 10.2. The Kier molecular flexibility index (Phi) is 11.3. The Morgan fingerprint density at radius 2 is 1.58 bits per heavy atom. The number of carbonyl (C=O) groups excluding carboxylic acids is 1. The Morgan fingerprint density at radius 1 is 0.884 bits per heavy atom. The topological polar surface area (TPSA) is 113 Å². The molecule has 0 aliphatic carbocycles. The second-order valence-electron chi connectivity index (χ2n) is 8.82. The third-order valence-corrected chi connectivity index (χ3v) is 8.04. The van der Waals surface area contributed by atoms with Crippen molar-refractivity contribution < 1.29 is 31.6 Å². The van der Waals surface area contributed by atoms with Crippen LogP contribution >= 0.6 is 34.2 Å². The molecule has 0 unspecified atom stereocenters. The Balaban J connectivity index is 1.47. The number of benzene rings is 4. The van der Waals surface area contributed by atoms with E-state index in [0.717, 1.165) is 5.56 Å². The average Bonchev–Trinajstić information content (AvgIpc) is 2.99.